The Balaban J connectivity index is 1.30. The normalized spacial score (nSPS) is 12.0. The third kappa shape index (κ3) is 5.39. The Kier molecular flexibility index (Phi) is 6.54. The fraction of sp³-hybridized carbons (Fsp3) is 0.148. The second-order valence-electron chi connectivity index (χ2n) is 8.17. The lowest BCUT2D eigenvalue weighted by Gasteiger charge is -2.19. The summed E-state index contributed by atoms with van der Waals surface area (Å²) in [5.41, 5.74) is 3.76. The summed E-state index contributed by atoms with van der Waals surface area (Å²) in [6.45, 7) is 0.348. The number of anilines is 1. The molecule has 0 fully saturated rings. The molecule has 5 rings (SSSR count). The molecule has 3 N–H and O–H groups in total. The summed E-state index contributed by atoms with van der Waals surface area (Å²) in [7, 11) is 0. The average molecular weight is 469 g/mol. The number of hydrogen-bond donors (Lipinski definition) is 3. The van der Waals surface area contributed by atoms with E-state index in [1.165, 1.54) is 6.33 Å². The predicted molar refractivity (Wildman–Crippen MR) is 133 cm³/mol. The van der Waals surface area contributed by atoms with Gasteiger partial charge in [0, 0.05) is 28.4 Å². The molecule has 2 aromatic heterocycles. The molecule has 8 heteroatoms. The van der Waals surface area contributed by atoms with Crippen LogP contribution in [-0.4, -0.2) is 34.4 Å². The molecular formula is C27H24N4O4. The van der Waals surface area contributed by atoms with Crippen molar-refractivity contribution >= 4 is 39.4 Å². The second-order valence-corrected chi connectivity index (χ2v) is 8.17. The SMILES string of the molecule is O=C(Cc1cnc[nH]1)N[C@@H](COCc1ccccc1)C(=O)Nc1ccc2oc3ccccc3c2c1. The Labute approximate surface area is 201 Å². The van der Waals surface area contributed by atoms with Crippen LogP contribution in [0.2, 0.25) is 0 Å². The van der Waals surface area contributed by atoms with Crippen LogP contribution in [0.25, 0.3) is 21.9 Å². The second kappa shape index (κ2) is 10.2. The maximum absolute atomic E-state index is 13.2. The molecule has 0 spiro atoms. The van der Waals surface area contributed by atoms with E-state index in [-0.39, 0.29) is 24.8 Å². The minimum Gasteiger partial charge on any atom is -0.456 e. The number of benzene rings is 3. The number of aromatic amines is 1. The number of rotatable bonds is 9. The van der Waals surface area contributed by atoms with Crippen LogP contribution in [-0.2, 0) is 27.4 Å². The van der Waals surface area contributed by atoms with Crippen molar-refractivity contribution in [2.45, 2.75) is 19.1 Å². The number of amides is 2. The number of carbonyl (C=O) groups is 2. The first kappa shape index (κ1) is 22.4. The van der Waals surface area contributed by atoms with Gasteiger partial charge in [0.05, 0.1) is 26.0 Å². The lowest BCUT2D eigenvalue weighted by Crippen LogP contribution is -2.47. The number of furan rings is 1. The van der Waals surface area contributed by atoms with Crippen LogP contribution >= 0.6 is 0 Å². The van der Waals surface area contributed by atoms with Crippen molar-refractivity contribution in [3.8, 4) is 0 Å². The highest BCUT2D eigenvalue weighted by Crippen LogP contribution is 2.30. The number of nitrogens with one attached hydrogen (secondary N) is 3. The van der Waals surface area contributed by atoms with Gasteiger partial charge in [-0.1, -0.05) is 48.5 Å². The molecule has 0 unspecified atom stereocenters. The summed E-state index contributed by atoms with van der Waals surface area (Å²) in [4.78, 5) is 32.6. The van der Waals surface area contributed by atoms with Crippen molar-refractivity contribution in [3.05, 3.63) is 96.6 Å². The van der Waals surface area contributed by atoms with E-state index in [0.29, 0.717) is 18.0 Å². The van der Waals surface area contributed by atoms with E-state index < -0.39 is 6.04 Å². The van der Waals surface area contributed by atoms with Crippen LogP contribution in [0.5, 0.6) is 0 Å². The molecule has 0 bridgehead atoms. The standard InChI is InChI=1S/C27H24N4O4/c32-26(13-20-14-28-17-29-20)31-23(16-34-15-18-6-2-1-3-7-18)27(33)30-19-10-11-25-22(12-19)21-8-4-5-9-24(21)35-25/h1-12,14,17,23H,13,15-16H2,(H,28,29)(H,30,33)(H,31,32)/t23-/m0/s1. The molecule has 2 heterocycles. The molecule has 0 saturated carbocycles. The first-order valence-electron chi connectivity index (χ1n) is 11.3. The van der Waals surface area contributed by atoms with E-state index in [1.807, 2.05) is 66.7 Å². The molecular weight excluding hydrogens is 444 g/mol. The van der Waals surface area contributed by atoms with Crippen molar-refractivity contribution in [1.82, 2.24) is 15.3 Å². The minimum atomic E-state index is -0.883. The smallest absolute Gasteiger partial charge is 0.249 e. The first-order valence-corrected chi connectivity index (χ1v) is 11.3. The van der Waals surface area contributed by atoms with Crippen LogP contribution in [0.4, 0.5) is 5.69 Å². The highest BCUT2D eigenvalue weighted by Gasteiger charge is 2.22. The molecule has 3 aromatic carbocycles. The van der Waals surface area contributed by atoms with Gasteiger partial charge in [-0.25, -0.2) is 4.98 Å². The van der Waals surface area contributed by atoms with Gasteiger partial charge in [0.15, 0.2) is 0 Å². The number of nitrogens with zero attached hydrogens (tertiary/aromatic N) is 1. The quantitative estimate of drug-likeness (QED) is 0.301. The van der Waals surface area contributed by atoms with E-state index in [1.54, 1.807) is 12.3 Å². The van der Waals surface area contributed by atoms with Crippen molar-refractivity contribution in [1.29, 1.82) is 0 Å². The summed E-state index contributed by atoms with van der Waals surface area (Å²) in [6.07, 6.45) is 3.16. The van der Waals surface area contributed by atoms with Crippen molar-refractivity contribution < 1.29 is 18.7 Å². The summed E-state index contributed by atoms with van der Waals surface area (Å²) in [6, 6.07) is 22.0. The Morgan fingerprint density at radius 3 is 2.60 bits per heavy atom. The number of ether oxygens (including phenoxy) is 1. The van der Waals surface area contributed by atoms with Gasteiger partial charge < -0.3 is 24.8 Å². The zero-order chi connectivity index (χ0) is 24.0. The molecule has 0 radical (unpaired) electrons. The molecule has 2 amide bonds. The zero-order valence-corrected chi connectivity index (χ0v) is 18.9. The fourth-order valence-electron chi connectivity index (χ4n) is 3.88. The number of aromatic nitrogens is 2. The number of carbonyl (C=O) groups excluding carboxylic acids is 2. The average Bonchev–Trinajstić information content (AvgIpc) is 3.51. The van der Waals surface area contributed by atoms with Crippen LogP contribution in [0.1, 0.15) is 11.3 Å². The van der Waals surface area contributed by atoms with Gasteiger partial charge in [-0.15, -0.1) is 0 Å². The van der Waals surface area contributed by atoms with Crippen molar-refractivity contribution in [2.24, 2.45) is 0 Å². The monoisotopic (exact) mass is 468 g/mol. The van der Waals surface area contributed by atoms with E-state index in [0.717, 1.165) is 27.5 Å². The van der Waals surface area contributed by atoms with Crippen LogP contribution in [0.15, 0.2) is 89.7 Å². The third-order valence-electron chi connectivity index (χ3n) is 5.60. The maximum Gasteiger partial charge on any atom is 0.249 e. The van der Waals surface area contributed by atoms with E-state index in [2.05, 4.69) is 20.6 Å². The Bertz CT molecular complexity index is 1440. The minimum absolute atomic E-state index is 0.0202. The highest BCUT2D eigenvalue weighted by molar-refractivity contribution is 6.07. The molecule has 0 aliphatic rings. The van der Waals surface area contributed by atoms with Crippen LogP contribution in [0.3, 0.4) is 0 Å². The Morgan fingerprint density at radius 1 is 0.971 bits per heavy atom. The van der Waals surface area contributed by atoms with Gasteiger partial charge in [-0.3, -0.25) is 9.59 Å². The number of fused-ring (bicyclic) bond motifs is 3. The van der Waals surface area contributed by atoms with Crippen LogP contribution in [0, 0.1) is 0 Å². The highest BCUT2D eigenvalue weighted by atomic mass is 16.5. The molecule has 0 aliphatic heterocycles. The topological polar surface area (TPSA) is 109 Å². The molecule has 0 aliphatic carbocycles. The Morgan fingerprint density at radius 2 is 1.77 bits per heavy atom. The fourth-order valence-corrected chi connectivity index (χ4v) is 3.88. The number of imidazole rings is 1. The van der Waals surface area contributed by atoms with Gasteiger partial charge in [0.1, 0.15) is 17.2 Å². The third-order valence-corrected chi connectivity index (χ3v) is 5.60. The van der Waals surface area contributed by atoms with Gasteiger partial charge in [0.25, 0.3) is 0 Å². The van der Waals surface area contributed by atoms with Gasteiger partial charge in [-0.05, 0) is 29.8 Å². The molecule has 176 valence electrons. The predicted octanol–water partition coefficient (Wildman–Crippen LogP) is 4.19. The number of hydrogen-bond acceptors (Lipinski definition) is 5. The lowest BCUT2D eigenvalue weighted by atomic mass is 10.1. The van der Waals surface area contributed by atoms with Gasteiger partial charge >= 0.3 is 0 Å². The molecule has 5 aromatic rings. The van der Waals surface area contributed by atoms with E-state index in [4.69, 9.17) is 9.15 Å². The molecule has 8 nitrogen and oxygen atoms in total. The summed E-state index contributed by atoms with van der Waals surface area (Å²) >= 11 is 0. The molecule has 1 atom stereocenters. The Hall–Kier alpha value is -4.43. The largest absolute Gasteiger partial charge is 0.456 e. The lowest BCUT2D eigenvalue weighted by molar-refractivity contribution is -0.127. The van der Waals surface area contributed by atoms with Crippen LogP contribution < -0.4 is 10.6 Å². The van der Waals surface area contributed by atoms with E-state index >= 15 is 0 Å². The summed E-state index contributed by atoms with van der Waals surface area (Å²) in [5.74, 6) is -0.683. The molecule has 0 saturated heterocycles. The van der Waals surface area contributed by atoms with Gasteiger partial charge in [-0.2, -0.15) is 0 Å². The first-order chi connectivity index (χ1) is 17.2. The number of para-hydroxylation sites is 1. The molecule has 35 heavy (non-hydrogen) atoms. The zero-order valence-electron chi connectivity index (χ0n) is 18.9. The summed E-state index contributed by atoms with van der Waals surface area (Å²) < 4.78 is 11.6. The number of H-pyrrole nitrogens is 1. The van der Waals surface area contributed by atoms with Crippen molar-refractivity contribution in [2.75, 3.05) is 11.9 Å². The van der Waals surface area contributed by atoms with Crippen molar-refractivity contribution in [3.63, 3.8) is 0 Å². The van der Waals surface area contributed by atoms with Gasteiger partial charge in [0.2, 0.25) is 11.8 Å². The maximum atomic E-state index is 13.2. The summed E-state index contributed by atoms with van der Waals surface area (Å²) in [5, 5.41) is 7.56. The van der Waals surface area contributed by atoms with E-state index in [9.17, 15) is 9.59 Å².